The lowest BCUT2D eigenvalue weighted by Gasteiger charge is -2.34. The van der Waals surface area contributed by atoms with Gasteiger partial charge in [-0.15, -0.1) is 0 Å². The van der Waals surface area contributed by atoms with Crippen LogP contribution >= 0.6 is 11.3 Å². The Morgan fingerprint density at radius 1 is 1.20 bits per heavy atom. The van der Waals surface area contributed by atoms with E-state index in [4.69, 9.17) is 9.72 Å². The number of ether oxygens (including phenoxy) is 1. The lowest BCUT2D eigenvalue weighted by atomic mass is 10.2. The smallest absolute Gasteiger partial charge is 0.256 e. The van der Waals surface area contributed by atoms with Crippen LogP contribution in [0.1, 0.15) is 18.2 Å². The second-order valence-electron chi connectivity index (χ2n) is 7.29. The van der Waals surface area contributed by atoms with Crippen molar-refractivity contribution < 1.29 is 9.53 Å². The summed E-state index contributed by atoms with van der Waals surface area (Å²) < 4.78 is 8.17. The Balaban J connectivity index is 1.42. The molecule has 4 rings (SSSR count). The maximum Gasteiger partial charge on any atom is 0.256 e. The zero-order valence-electron chi connectivity index (χ0n) is 17.4. The number of hydrogen-bond acceptors (Lipinski definition) is 7. The van der Waals surface area contributed by atoms with Gasteiger partial charge in [-0.3, -0.25) is 14.2 Å². The molecule has 1 saturated heterocycles. The maximum atomic E-state index is 12.7. The van der Waals surface area contributed by atoms with Crippen LogP contribution in [0.3, 0.4) is 0 Å². The van der Waals surface area contributed by atoms with Crippen molar-refractivity contribution in [3.8, 4) is 5.75 Å². The highest BCUT2D eigenvalue weighted by Crippen LogP contribution is 2.34. The molecule has 0 radical (unpaired) electrons. The van der Waals surface area contributed by atoms with E-state index in [1.165, 1.54) is 10.9 Å². The van der Waals surface area contributed by atoms with Crippen molar-refractivity contribution >= 4 is 32.6 Å². The Labute approximate surface area is 178 Å². The van der Waals surface area contributed by atoms with Crippen LogP contribution in [-0.4, -0.2) is 58.1 Å². The summed E-state index contributed by atoms with van der Waals surface area (Å²) in [5.74, 6) is 0.739. The van der Waals surface area contributed by atoms with Crippen molar-refractivity contribution in [2.45, 2.75) is 27.3 Å². The number of thiazole rings is 1. The van der Waals surface area contributed by atoms with Crippen molar-refractivity contribution in [1.29, 1.82) is 0 Å². The first-order valence-corrected chi connectivity index (χ1v) is 10.9. The molecule has 0 N–H and O–H groups in total. The van der Waals surface area contributed by atoms with Crippen molar-refractivity contribution in [3.63, 3.8) is 0 Å². The van der Waals surface area contributed by atoms with E-state index in [-0.39, 0.29) is 18.0 Å². The number of para-hydroxylation sites is 1. The number of aryl methyl sites for hydroxylation is 1. The van der Waals surface area contributed by atoms with E-state index in [2.05, 4.69) is 9.88 Å². The van der Waals surface area contributed by atoms with E-state index in [9.17, 15) is 9.59 Å². The van der Waals surface area contributed by atoms with E-state index in [1.807, 2.05) is 25.1 Å². The maximum absolute atomic E-state index is 12.7. The third kappa shape index (κ3) is 3.89. The molecule has 1 fully saturated rings. The van der Waals surface area contributed by atoms with Gasteiger partial charge >= 0.3 is 0 Å². The summed E-state index contributed by atoms with van der Waals surface area (Å²) in [6, 6.07) is 5.97. The van der Waals surface area contributed by atoms with Crippen LogP contribution in [-0.2, 0) is 11.3 Å². The van der Waals surface area contributed by atoms with Gasteiger partial charge in [-0.25, -0.2) is 9.97 Å². The molecule has 9 heteroatoms. The highest BCUT2D eigenvalue weighted by Gasteiger charge is 2.24. The van der Waals surface area contributed by atoms with E-state index in [0.717, 1.165) is 21.1 Å². The Morgan fingerprint density at radius 3 is 2.70 bits per heavy atom. The number of benzene rings is 1. The number of piperazine rings is 1. The van der Waals surface area contributed by atoms with E-state index >= 15 is 0 Å². The van der Waals surface area contributed by atoms with Crippen LogP contribution in [0, 0.1) is 13.8 Å². The fourth-order valence-corrected chi connectivity index (χ4v) is 4.53. The van der Waals surface area contributed by atoms with Gasteiger partial charge in [0.05, 0.1) is 17.6 Å². The number of nitrogens with zero attached hydrogens (tertiary/aromatic N) is 5. The zero-order valence-corrected chi connectivity index (χ0v) is 18.2. The molecule has 1 amide bonds. The van der Waals surface area contributed by atoms with Crippen LogP contribution < -0.4 is 15.2 Å². The van der Waals surface area contributed by atoms with Crippen LogP contribution in [0.5, 0.6) is 5.75 Å². The van der Waals surface area contributed by atoms with Crippen molar-refractivity contribution in [1.82, 2.24) is 19.4 Å². The quantitative estimate of drug-likeness (QED) is 0.621. The van der Waals surface area contributed by atoms with Gasteiger partial charge in [0.2, 0.25) is 5.91 Å². The van der Waals surface area contributed by atoms with Crippen molar-refractivity contribution in [2.75, 3.05) is 37.7 Å². The normalized spacial score (nSPS) is 14.4. The summed E-state index contributed by atoms with van der Waals surface area (Å²) in [4.78, 5) is 38.0. The monoisotopic (exact) mass is 427 g/mol. The van der Waals surface area contributed by atoms with Gasteiger partial charge in [0.25, 0.3) is 5.56 Å². The molecule has 158 valence electrons. The SMILES string of the molecule is CCOc1cccc2sc(N3CCN(C(=O)Cn4cnc(C)c(C)c4=O)CC3)nc12. The minimum atomic E-state index is -0.158. The topological polar surface area (TPSA) is 80.6 Å². The second kappa shape index (κ2) is 8.43. The summed E-state index contributed by atoms with van der Waals surface area (Å²) in [6.45, 7) is 8.72. The molecule has 3 aromatic rings. The minimum absolute atomic E-state index is 0.0197. The van der Waals surface area contributed by atoms with Crippen LogP contribution in [0.25, 0.3) is 10.2 Å². The van der Waals surface area contributed by atoms with Crippen molar-refractivity contribution in [2.24, 2.45) is 0 Å². The van der Waals surface area contributed by atoms with Gasteiger partial charge in [-0.1, -0.05) is 17.4 Å². The molecule has 1 aromatic carbocycles. The number of hydrogen-bond donors (Lipinski definition) is 0. The number of anilines is 1. The zero-order chi connectivity index (χ0) is 21.3. The second-order valence-corrected chi connectivity index (χ2v) is 8.30. The molecule has 0 saturated carbocycles. The highest BCUT2D eigenvalue weighted by molar-refractivity contribution is 7.22. The average molecular weight is 428 g/mol. The standard InChI is InChI=1S/C21H25N5O3S/c1-4-29-16-6-5-7-17-19(16)23-21(30-17)25-10-8-24(9-11-25)18(27)12-26-13-22-15(3)14(2)20(26)28/h5-7,13H,4,8-12H2,1-3H3. The Bertz CT molecular complexity index is 1130. The molecule has 0 aliphatic carbocycles. The Hall–Kier alpha value is -2.94. The summed E-state index contributed by atoms with van der Waals surface area (Å²) >= 11 is 1.64. The van der Waals surface area contributed by atoms with E-state index in [1.54, 1.807) is 30.1 Å². The van der Waals surface area contributed by atoms with Gasteiger partial charge < -0.3 is 14.5 Å². The minimum Gasteiger partial charge on any atom is -0.492 e. The largest absolute Gasteiger partial charge is 0.492 e. The molecule has 2 aromatic heterocycles. The number of carbonyl (C=O) groups excluding carboxylic acids is 1. The summed E-state index contributed by atoms with van der Waals surface area (Å²) in [6.07, 6.45) is 1.45. The fraction of sp³-hybridized carbons (Fsp3) is 0.429. The summed E-state index contributed by atoms with van der Waals surface area (Å²) in [5.41, 5.74) is 2.01. The number of rotatable bonds is 5. The molecule has 30 heavy (non-hydrogen) atoms. The van der Waals surface area contributed by atoms with E-state index in [0.29, 0.717) is 44.0 Å². The molecule has 3 heterocycles. The Kier molecular flexibility index (Phi) is 5.72. The number of aromatic nitrogens is 3. The van der Waals surface area contributed by atoms with Gasteiger partial charge in [0.1, 0.15) is 17.8 Å². The number of amides is 1. The van der Waals surface area contributed by atoms with E-state index < -0.39 is 0 Å². The molecular weight excluding hydrogens is 402 g/mol. The third-order valence-corrected chi connectivity index (χ3v) is 6.48. The van der Waals surface area contributed by atoms with Crippen LogP contribution in [0.2, 0.25) is 0 Å². The van der Waals surface area contributed by atoms with Crippen LogP contribution in [0.15, 0.2) is 29.3 Å². The van der Waals surface area contributed by atoms with Crippen molar-refractivity contribution in [3.05, 3.63) is 46.1 Å². The fourth-order valence-electron chi connectivity index (χ4n) is 3.50. The first-order chi connectivity index (χ1) is 14.5. The molecular formula is C21H25N5O3S. The number of carbonyl (C=O) groups is 1. The first-order valence-electron chi connectivity index (χ1n) is 10.1. The summed E-state index contributed by atoms with van der Waals surface area (Å²) in [5, 5.41) is 0.943. The highest BCUT2D eigenvalue weighted by atomic mass is 32.1. The van der Waals surface area contributed by atoms with Gasteiger partial charge in [-0.05, 0) is 32.9 Å². The van der Waals surface area contributed by atoms with Gasteiger partial charge in [-0.2, -0.15) is 0 Å². The lowest BCUT2D eigenvalue weighted by molar-refractivity contribution is -0.132. The average Bonchev–Trinajstić information content (AvgIpc) is 3.20. The van der Waals surface area contributed by atoms with Gasteiger partial charge in [0, 0.05) is 37.4 Å². The first kappa shape index (κ1) is 20.3. The molecule has 1 aliphatic heterocycles. The summed E-state index contributed by atoms with van der Waals surface area (Å²) in [7, 11) is 0. The van der Waals surface area contributed by atoms with Crippen LogP contribution in [0.4, 0.5) is 5.13 Å². The van der Waals surface area contributed by atoms with Gasteiger partial charge in [0.15, 0.2) is 5.13 Å². The molecule has 8 nitrogen and oxygen atoms in total. The lowest BCUT2D eigenvalue weighted by Crippen LogP contribution is -2.50. The molecule has 1 aliphatic rings. The molecule has 0 spiro atoms. The Morgan fingerprint density at radius 2 is 1.97 bits per heavy atom. The molecule has 0 unspecified atom stereocenters. The predicted octanol–water partition coefficient (Wildman–Crippen LogP) is 2.22. The molecule has 0 bridgehead atoms. The predicted molar refractivity (Wildman–Crippen MR) is 118 cm³/mol. The molecule has 0 atom stereocenters. The third-order valence-electron chi connectivity index (χ3n) is 5.39. The number of fused-ring (bicyclic) bond motifs is 1.